The van der Waals surface area contributed by atoms with Crippen molar-refractivity contribution < 1.29 is 9.90 Å². The summed E-state index contributed by atoms with van der Waals surface area (Å²) in [6, 6.07) is 10.1. The minimum Gasteiger partial charge on any atom is -0.507 e. The van der Waals surface area contributed by atoms with Crippen LogP contribution < -0.4 is 11.1 Å². The van der Waals surface area contributed by atoms with Gasteiger partial charge in [-0.05, 0) is 18.6 Å². The van der Waals surface area contributed by atoms with Gasteiger partial charge in [-0.2, -0.15) is 0 Å². The maximum Gasteiger partial charge on any atom is 0.241 e. The molecule has 0 unspecified atom stereocenters. The molecule has 4 heteroatoms. The molecular formula is C14H16N2O2. The summed E-state index contributed by atoms with van der Waals surface area (Å²) in [4.78, 5) is 11.8. The van der Waals surface area contributed by atoms with E-state index in [4.69, 9.17) is 5.73 Å². The van der Waals surface area contributed by atoms with E-state index in [0.717, 1.165) is 5.39 Å². The summed E-state index contributed by atoms with van der Waals surface area (Å²) >= 11 is 0. The standard InChI is InChI=1S/C14H16N2O2/c1-2-11(15)14(18)16-12-7-3-6-10-9(12)5-4-8-13(10)17/h3-8,11,17H,2,15H2,1H3,(H,16,18)/t11-/m1/s1. The summed E-state index contributed by atoms with van der Waals surface area (Å²) < 4.78 is 0. The van der Waals surface area contributed by atoms with Crippen molar-refractivity contribution in [3.05, 3.63) is 36.4 Å². The Morgan fingerprint density at radius 3 is 2.67 bits per heavy atom. The molecule has 0 fully saturated rings. The van der Waals surface area contributed by atoms with Crippen LogP contribution in [0.4, 0.5) is 5.69 Å². The molecule has 18 heavy (non-hydrogen) atoms. The molecule has 2 aromatic rings. The lowest BCUT2D eigenvalue weighted by Crippen LogP contribution is -2.34. The van der Waals surface area contributed by atoms with Crippen molar-refractivity contribution in [3.63, 3.8) is 0 Å². The van der Waals surface area contributed by atoms with E-state index in [0.29, 0.717) is 17.5 Å². The van der Waals surface area contributed by atoms with Crippen molar-refractivity contribution in [2.45, 2.75) is 19.4 Å². The van der Waals surface area contributed by atoms with Gasteiger partial charge < -0.3 is 16.2 Å². The molecule has 0 saturated carbocycles. The fraction of sp³-hybridized carbons (Fsp3) is 0.214. The average Bonchev–Trinajstić information content (AvgIpc) is 2.39. The molecule has 2 aromatic carbocycles. The summed E-state index contributed by atoms with van der Waals surface area (Å²) in [5.41, 5.74) is 6.34. The van der Waals surface area contributed by atoms with Crippen molar-refractivity contribution >= 4 is 22.4 Å². The van der Waals surface area contributed by atoms with Crippen LogP contribution in [-0.2, 0) is 4.79 Å². The molecule has 0 radical (unpaired) electrons. The normalized spacial score (nSPS) is 12.3. The third-order valence-electron chi connectivity index (χ3n) is 2.93. The molecule has 2 rings (SSSR count). The van der Waals surface area contributed by atoms with E-state index in [-0.39, 0.29) is 11.7 Å². The summed E-state index contributed by atoms with van der Waals surface area (Å²) in [5.74, 6) is -0.0169. The van der Waals surface area contributed by atoms with E-state index in [1.165, 1.54) is 0 Å². The molecule has 0 heterocycles. The lowest BCUT2D eigenvalue weighted by atomic mass is 10.1. The zero-order valence-electron chi connectivity index (χ0n) is 10.2. The Morgan fingerprint density at radius 2 is 1.94 bits per heavy atom. The van der Waals surface area contributed by atoms with Gasteiger partial charge in [0.1, 0.15) is 5.75 Å². The fourth-order valence-corrected chi connectivity index (χ4v) is 1.81. The number of aromatic hydroxyl groups is 1. The maximum absolute atomic E-state index is 11.8. The third kappa shape index (κ3) is 2.28. The highest BCUT2D eigenvalue weighted by Gasteiger charge is 2.12. The van der Waals surface area contributed by atoms with Crippen molar-refractivity contribution in [2.24, 2.45) is 5.73 Å². The van der Waals surface area contributed by atoms with Gasteiger partial charge in [0.2, 0.25) is 5.91 Å². The first-order valence-corrected chi connectivity index (χ1v) is 5.90. The highest BCUT2D eigenvalue weighted by Crippen LogP contribution is 2.29. The first-order valence-electron chi connectivity index (χ1n) is 5.90. The van der Waals surface area contributed by atoms with Crippen LogP contribution in [0, 0.1) is 0 Å². The summed E-state index contributed by atoms with van der Waals surface area (Å²) in [5, 5.41) is 14.0. The molecule has 0 spiro atoms. The summed E-state index contributed by atoms with van der Waals surface area (Å²) in [7, 11) is 0. The first-order chi connectivity index (χ1) is 8.63. The Kier molecular flexibility index (Phi) is 3.48. The number of amides is 1. The lowest BCUT2D eigenvalue weighted by Gasteiger charge is -2.12. The Morgan fingerprint density at radius 1 is 1.28 bits per heavy atom. The Labute approximate surface area is 105 Å². The van der Waals surface area contributed by atoms with E-state index in [9.17, 15) is 9.90 Å². The molecular weight excluding hydrogens is 228 g/mol. The second kappa shape index (κ2) is 5.06. The quantitative estimate of drug-likeness (QED) is 0.775. The second-order valence-electron chi connectivity index (χ2n) is 4.18. The molecule has 94 valence electrons. The van der Waals surface area contributed by atoms with Gasteiger partial charge in [0.05, 0.1) is 6.04 Å². The van der Waals surface area contributed by atoms with E-state index >= 15 is 0 Å². The molecule has 0 saturated heterocycles. The van der Waals surface area contributed by atoms with Crippen LogP contribution in [0.15, 0.2) is 36.4 Å². The lowest BCUT2D eigenvalue weighted by molar-refractivity contribution is -0.117. The topological polar surface area (TPSA) is 75.4 Å². The molecule has 0 aliphatic heterocycles. The molecule has 1 atom stereocenters. The van der Waals surface area contributed by atoms with Crippen LogP contribution in [0.2, 0.25) is 0 Å². The monoisotopic (exact) mass is 244 g/mol. The maximum atomic E-state index is 11.8. The van der Waals surface area contributed by atoms with Gasteiger partial charge in [0.15, 0.2) is 0 Å². The van der Waals surface area contributed by atoms with Crippen LogP contribution in [0.5, 0.6) is 5.75 Å². The van der Waals surface area contributed by atoms with Crippen LogP contribution in [0.1, 0.15) is 13.3 Å². The van der Waals surface area contributed by atoms with Crippen LogP contribution >= 0.6 is 0 Å². The van der Waals surface area contributed by atoms with Crippen molar-refractivity contribution in [1.29, 1.82) is 0 Å². The smallest absolute Gasteiger partial charge is 0.241 e. The van der Waals surface area contributed by atoms with E-state index in [1.54, 1.807) is 30.3 Å². The number of rotatable bonds is 3. The van der Waals surface area contributed by atoms with Gasteiger partial charge >= 0.3 is 0 Å². The van der Waals surface area contributed by atoms with E-state index in [1.807, 2.05) is 13.0 Å². The number of nitrogens with two attached hydrogens (primary N) is 1. The molecule has 0 aromatic heterocycles. The zero-order valence-corrected chi connectivity index (χ0v) is 10.2. The molecule has 1 amide bonds. The number of fused-ring (bicyclic) bond motifs is 1. The molecule has 0 bridgehead atoms. The number of hydrogen-bond acceptors (Lipinski definition) is 3. The summed E-state index contributed by atoms with van der Waals surface area (Å²) in [6.07, 6.45) is 0.585. The number of carbonyl (C=O) groups is 1. The van der Waals surface area contributed by atoms with Crippen LogP contribution in [0.3, 0.4) is 0 Å². The van der Waals surface area contributed by atoms with Crippen molar-refractivity contribution in [3.8, 4) is 5.75 Å². The zero-order chi connectivity index (χ0) is 13.1. The van der Waals surface area contributed by atoms with E-state index in [2.05, 4.69) is 5.32 Å². The highest BCUT2D eigenvalue weighted by atomic mass is 16.3. The number of carbonyl (C=O) groups excluding carboxylic acids is 1. The van der Waals surface area contributed by atoms with Gasteiger partial charge in [-0.15, -0.1) is 0 Å². The fourth-order valence-electron chi connectivity index (χ4n) is 1.81. The summed E-state index contributed by atoms with van der Waals surface area (Å²) in [6.45, 7) is 1.86. The minimum atomic E-state index is -0.516. The number of anilines is 1. The van der Waals surface area contributed by atoms with Gasteiger partial charge in [0, 0.05) is 16.5 Å². The second-order valence-corrected chi connectivity index (χ2v) is 4.18. The van der Waals surface area contributed by atoms with Gasteiger partial charge in [-0.25, -0.2) is 0 Å². The van der Waals surface area contributed by atoms with Gasteiger partial charge in [-0.1, -0.05) is 31.2 Å². The number of phenolic OH excluding ortho intramolecular Hbond substituents is 1. The van der Waals surface area contributed by atoms with Gasteiger partial charge in [0.25, 0.3) is 0 Å². The third-order valence-corrected chi connectivity index (χ3v) is 2.93. The molecule has 4 N–H and O–H groups in total. The SMILES string of the molecule is CC[C@@H](N)C(=O)Nc1cccc2c(O)cccc12. The van der Waals surface area contributed by atoms with Crippen molar-refractivity contribution in [2.75, 3.05) is 5.32 Å². The molecule has 0 aliphatic rings. The average molecular weight is 244 g/mol. The number of phenols is 1. The number of nitrogens with one attached hydrogen (secondary N) is 1. The van der Waals surface area contributed by atoms with Crippen molar-refractivity contribution in [1.82, 2.24) is 0 Å². The Balaban J connectivity index is 2.40. The molecule has 0 aliphatic carbocycles. The number of benzene rings is 2. The largest absolute Gasteiger partial charge is 0.507 e. The van der Waals surface area contributed by atoms with E-state index < -0.39 is 6.04 Å². The predicted molar refractivity (Wildman–Crippen MR) is 72.5 cm³/mol. The van der Waals surface area contributed by atoms with Crippen LogP contribution in [-0.4, -0.2) is 17.1 Å². The van der Waals surface area contributed by atoms with Gasteiger partial charge in [-0.3, -0.25) is 4.79 Å². The molecule has 4 nitrogen and oxygen atoms in total. The Bertz CT molecular complexity index is 581. The number of hydrogen-bond donors (Lipinski definition) is 3. The highest BCUT2D eigenvalue weighted by molar-refractivity contribution is 6.05. The predicted octanol–water partition coefficient (Wildman–Crippen LogP) is 2.22. The first kappa shape index (κ1) is 12.4. The minimum absolute atomic E-state index is 0.198. The Hall–Kier alpha value is -2.07. The van der Waals surface area contributed by atoms with Crippen LogP contribution in [0.25, 0.3) is 10.8 Å².